The van der Waals surface area contributed by atoms with Gasteiger partial charge in [-0.2, -0.15) is 4.31 Å². The molecule has 0 saturated carbocycles. The molecule has 0 aromatic heterocycles. The van der Waals surface area contributed by atoms with Crippen molar-refractivity contribution in [2.24, 2.45) is 5.92 Å². The van der Waals surface area contributed by atoms with Crippen molar-refractivity contribution in [2.45, 2.75) is 56.6 Å². The number of carboxylic acids is 1. The molecule has 3 N–H and O–H groups in total. The first-order valence-electron chi connectivity index (χ1n) is 13.3. The lowest BCUT2D eigenvalue weighted by Crippen LogP contribution is -2.47. The van der Waals surface area contributed by atoms with Crippen LogP contribution in [0, 0.1) is 12.8 Å². The molecule has 1 atom stereocenters. The van der Waals surface area contributed by atoms with Crippen LogP contribution in [0.25, 0.3) is 11.1 Å². The summed E-state index contributed by atoms with van der Waals surface area (Å²) >= 11 is 0. The van der Waals surface area contributed by atoms with Crippen LogP contribution in [-0.4, -0.2) is 60.7 Å². The number of nitrogens with zero attached hydrogens (tertiary/aromatic N) is 1. The zero-order valence-electron chi connectivity index (χ0n) is 23.0. The Balaban J connectivity index is 1.37. The highest BCUT2D eigenvalue weighted by atomic mass is 32.2. The van der Waals surface area contributed by atoms with Crippen LogP contribution in [0.1, 0.15) is 47.3 Å². The molecule has 208 valence electrons. The van der Waals surface area contributed by atoms with Gasteiger partial charge < -0.3 is 15.5 Å². The van der Waals surface area contributed by atoms with Crippen LogP contribution in [0.2, 0.25) is 0 Å². The maximum absolute atomic E-state index is 13.4. The number of sulfonamides is 1. The fourth-order valence-electron chi connectivity index (χ4n) is 5.51. The molecular formula is C31H38N2O5S. The van der Waals surface area contributed by atoms with Gasteiger partial charge in [-0.25, -0.2) is 13.2 Å². The van der Waals surface area contributed by atoms with Gasteiger partial charge >= 0.3 is 5.97 Å². The number of aliphatic hydroxyl groups is 1. The van der Waals surface area contributed by atoms with Crippen molar-refractivity contribution in [1.29, 1.82) is 0 Å². The number of aryl methyl sites for hydroxylation is 1. The second kappa shape index (κ2) is 11.6. The number of aliphatic hydroxyl groups excluding tert-OH is 1. The van der Waals surface area contributed by atoms with Gasteiger partial charge in [-0.05, 0) is 98.0 Å². The lowest BCUT2D eigenvalue weighted by Gasteiger charge is -2.31. The summed E-state index contributed by atoms with van der Waals surface area (Å²) in [5.74, 6) is -0.504. The Morgan fingerprint density at radius 2 is 1.72 bits per heavy atom. The van der Waals surface area contributed by atoms with E-state index in [1.54, 1.807) is 30.3 Å². The number of rotatable bonds is 11. The quantitative estimate of drug-likeness (QED) is 0.324. The standard InChI is InChI=1S/C31H38N2O5S/c1-21-12-13-26(30(35)36)17-29(21)25-10-7-11-28(16-25)39(37,38)33(4)20-27(34)19-32-31(2,3)18-22-14-23-8-5-6-9-24(23)15-22/h5-13,16-17,22,27,32,34H,14-15,18-20H2,1-4H3,(H,35,36)/t27-/m0/s1. The van der Waals surface area contributed by atoms with E-state index in [4.69, 9.17) is 0 Å². The Morgan fingerprint density at radius 3 is 2.36 bits per heavy atom. The number of β-amino-alcohol motifs (C(OH)–C–C–N with tert-alkyl or cyclic N) is 1. The maximum atomic E-state index is 13.4. The summed E-state index contributed by atoms with van der Waals surface area (Å²) in [4.78, 5) is 11.5. The summed E-state index contributed by atoms with van der Waals surface area (Å²) in [5, 5.41) is 23.5. The molecule has 4 rings (SSSR count). The third-order valence-corrected chi connectivity index (χ3v) is 9.38. The lowest BCUT2D eigenvalue weighted by atomic mass is 9.88. The van der Waals surface area contributed by atoms with E-state index < -0.39 is 22.1 Å². The van der Waals surface area contributed by atoms with Crippen LogP contribution < -0.4 is 5.32 Å². The van der Waals surface area contributed by atoms with Gasteiger partial charge in [0.1, 0.15) is 0 Å². The largest absolute Gasteiger partial charge is 0.478 e. The van der Waals surface area contributed by atoms with Gasteiger partial charge in [0.25, 0.3) is 0 Å². The van der Waals surface area contributed by atoms with Gasteiger partial charge in [-0.1, -0.05) is 42.5 Å². The molecule has 0 saturated heterocycles. The predicted molar refractivity (Wildman–Crippen MR) is 153 cm³/mol. The number of hydrogen-bond donors (Lipinski definition) is 3. The maximum Gasteiger partial charge on any atom is 0.335 e. The first kappa shape index (κ1) is 29.0. The lowest BCUT2D eigenvalue weighted by molar-refractivity contribution is 0.0697. The number of hydrogen-bond acceptors (Lipinski definition) is 5. The Bertz CT molecular complexity index is 1430. The molecule has 0 bridgehead atoms. The average molecular weight is 551 g/mol. The molecule has 3 aromatic carbocycles. The second-order valence-corrected chi connectivity index (χ2v) is 13.4. The number of nitrogens with one attached hydrogen (secondary N) is 1. The summed E-state index contributed by atoms with van der Waals surface area (Å²) < 4.78 is 27.9. The van der Waals surface area contributed by atoms with E-state index in [1.165, 1.54) is 34.6 Å². The zero-order valence-corrected chi connectivity index (χ0v) is 23.8. The van der Waals surface area contributed by atoms with Gasteiger partial charge in [-0.15, -0.1) is 0 Å². The number of carbonyl (C=O) groups is 1. The summed E-state index contributed by atoms with van der Waals surface area (Å²) in [6, 6.07) is 19.8. The first-order chi connectivity index (χ1) is 18.4. The van der Waals surface area contributed by atoms with Crippen molar-refractivity contribution in [3.8, 4) is 11.1 Å². The van der Waals surface area contributed by atoms with Crippen LogP contribution in [0.15, 0.2) is 71.6 Å². The highest BCUT2D eigenvalue weighted by Crippen LogP contribution is 2.32. The van der Waals surface area contributed by atoms with Crippen molar-refractivity contribution in [3.63, 3.8) is 0 Å². The number of carboxylic acid groups (broad SMARTS) is 1. The molecule has 1 aliphatic rings. The van der Waals surface area contributed by atoms with Crippen molar-refractivity contribution in [1.82, 2.24) is 9.62 Å². The predicted octanol–water partition coefficient (Wildman–Crippen LogP) is 4.51. The summed E-state index contributed by atoms with van der Waals surface area (Å²) in [6.45, 7) is 6.31. The number of fused-ring (bicyclic) bond motifs is 1. The van der Waals surface area contributed by atoms with E-state index in [2.05, 4.69) is 43.4 Å². The van der Waals surface area contributed by atoms with Crippen molar-refractivity contribution in [2.75, 3.05) is 20.1 Å². The molecule has 0 heterocycles. The molecule has 3 aromatic rings. The van der Waals surface area contributed by atoms with Crippen LogP contribution >= 0.6 is 0 Å². The average Bonchev–Trinajstić information content (AvgIpc) is 3.29. The molecule has 0 fully saturated rings. The van der Waals surface area contributed by atoms with E-state index in [0.717, 1.165) is 24.8 Å². The molecule has 0 aliphatic heterocycles. The van der Waals surface area contributed by atoms with Gasteiger partial charge in [0, 0.05) is 25.7 Å². The molecule has 8 heteroatoms. The molecule has 0 unspecified atom stereocenters. The van der Waals surface area contributed by atoms with Crippen LogP contribution in [0.4, 0.5) is 0 Å². The highest BCUT2D eigenvalue weighted by molar-refractivity contribution is 7.89. The Morgan fingerprint density at radius 1 is 1.05 bits per heavy atom. The summed E-state index contributed by atoms with van der Waals surface area (Å²) in [7, 11) is -2.42. The summed E-state index contributed by atoms with van der Waals surface area (Å²) in [5.41, 5.74) is 4.87. The van der Waals surface area contributed by atoms with Crippen molar-refractivity contribution >= 4 is 16.0 Å². The SMILES string of the molecule is Cc1ccc(C(=O)O)cc1-c1cccc(S(=O)(=O)N(C)C[C@@H](O)CNC(C)(C)CC2Cc3ccccc3C2)c1. The van der Waals surface area contributed by atoms with Crippen LogP contribution in [-0.2, 0) is 22.9 Å². The molecule has 0 spiro atoms. The van der Waals surface area contributed by atoms with Gasteiger partial charge in [-0.3, -0.25) is 0 Å². The normalized spacial score (nSPS) is 14.9. The number of likely N-dealkylation sites (N-methyl/N-ethyl adjacent to an activating group) is 1. The van der Waals surface area contributed by atoms with Gasteiger partial charge in [0.05, 0.1) is 16.6 Å². The molecule has 0 amide bonds. The Labute approximate surface area is 231 Å². The van der Waals surface area contributed by atoms with E-state index in [0.29, 0.717) is 17.0 Å². The van der Waals surface area contributed by atoms with E-state index >= 15 is 0 Å². The minimum absolute atomic E-state index is 0.0575. The topological polar surface area (TPSA) is 107 Å². The minimum Gasteiger partial charge on any atom is -0.478 e. The number of benzene rings is 3. The first-order valence-corrected chi connectivity index (χ1v) is 14.7. The Kier molecular flexibility index (Phi) is 8.61. The Hall–Kier alpha value is -3.04. The zero-order chi connectivity index (χ0) is 28.4. The van der Waals surface area contributed by atoms with E-state index in [-0.39, 0.29) is 29.1 Å². The fourth-order valence-corrected chi connectivity index (χ4v) is 6.77. The van der Waals surface area contributed by atoms with Crippen molar-refractivity contribution < 1.29 is 23.4 Å². The molecule has 39 heavy (non-hydrogen) atoms. The summed E-state index contributed by atoms with van der Waals surface area (Å²) in [6.07, 6.45) is 2.19. The third-order valence-electron chi connectivity index (χ3n) is 7.56. The van der Waals surface area contributed by atoms with E-state index in [9.17, 15) is 23.4 Å². The molecular weight excluding hydrogens is 512 g/mol. The van der Waals surface area contributed by atoms with Crippen LogP contribution in [0.5, 0.6) is 0 Å². The van der Waals surface area contributed by atoms with Crippen LogP contribution in [0.3, 0.4) is 0 Å². The molecule has 1 aliphatic carbocycles. The third kappa shape index (κ3) is 6.94. The smallest absolute Gasteiger partial charge is 0.335 e. The monoisotopic (exact) mass is 550 g/mol. The van der Waals surface area contributed by atoms with Gasteiger partial charge in [0.15, 0.2) is 0 Å². The second-order valence-electron chi connectivity index (χ2n) is 11.3. The highest BCUT2D eigenvalue weighted by Gasteiger charge is 2.29. The molecule has 0 radical (unpaired) electrons. The minimum atomic E-state index is -3.88. The number of aromatic carboxylic acids is 1. The van der Waals surface area contributed by atoms with E-state index in [1.807, 2.05) is 6.92 Å². The fraction of sp³-hybridized carbons (Fsp3) is 0.387. The van der Waals surface area contributed by atoms with Gasteiger partial charge in [0.2, 0.25) is 10.0 Å². The van der Waals surface area contributed by atoms with Crippen molar-refractivity contribution in [3.05, 3.63) is 89.0 Å². The molecule has 7 nitrogen and oxygen atoms in total.